The molecule has 2 aromatic carbocycles. The number of allylic oxidation sites excluding steroid dienone is 3. The Labute approximate surface area is 238 Å². The smallest absolute Gasteiger partial charge is 0.232 e. The summed E-state index contributed by atoms with van der Waals surface area (Å²) in [7, 11) is 2.79. The summed E-state index contributed by atoms with van der Waals surface area (Å²) in [5, 5.41) is 11.9. The zero-order chi connectivity index (χ0) is 29.6. The second-order valence-electron chi connectivity index (χ2n) is 10.9. The predicted octanol–water partition coefficient (Wildman–Crippen LogP) is 6.16. The maximum Gasteiger partial charge on any atom is 0.232 e. The van der Waals surface area contributed by atoms with Crippen molar-refractivity contribution >= 4 is 44.5 Å². The summed E-state index contributed by atoms with van der Waals surface area (Å²) < 4.78 is 11.4. The van der Waals surface area contributed by atoms with Crippen LogP contribution >= 0.6 is 0 Å². The molecule has 4 aromatic rings. The molecule has 0 unspecified atom stereocenters. The molecule has 0 fully saturated rings. The molecule has 0 saturated heterocycles. The second kappa shape index (κ2) is 10.4. The zero-order valence-electron chi connectivity index (χ0n) is 24.0. The molecule has 210 valence electrons. The Kier molecular flexibility index (Phi) is 7.09. The predicted molar refractivity (Wildman–Crippen MR) is 162 cm³/mol. The van der Waals surface area contributed by atoms with Crippen LogP contribution in [0.4, 0.5) is 0 Å². The molecule has 0 aliphatic heterocycles. The normalized spacial score (nSPS) is 15.2. The van der Waals surface area contributed by atoms with E-state index >= 15 is 0 Å². The van der Waals surface area contributed by atoms with Crippen molar-refractivity contribution in [1.29, 1.82) is 0 Å². The third-order valence-electron chi connectivity index (χ3n) is 7.89. The Hall–Kier alpha value is -4.62. The van der Waals surface area contributed by atoms with Crippen LogP contribution in [0.25, 0.3) is 33.0 Å². The van der Waals surface area contributed by atoms with Crippen LogP contribution in [0.1, 0.15) is 43.2 Å². The molecular weight excluding hydrogens is 516 g/mol. The Morgan fingerprint density at radius 2 is 1.63 bits per heavy atom. The molecule has 5 rings (SSSR count). The molecule has 1 aliphatic rings. The summed E-state index contributed by atoms with van der Waals surface area (Å²) in [6.45, 7) is 13.6. The van der Waals surface area contributed by atoms with Crippen LogP contribution in [-0.2, 0) is 30.9 Å². The van der Waals surface area contributed by atoms with Gasteiger partial charge >= 0.3 is 0 Å². The molecule has 3 N–H and O–H groups in total. The van der Waals surface area contributed by atoms with Crippen molar-refractivity contribution in [1.82, 2.24) is 9.97 Å². The third-order valence-corrected chi connectivity index (χ3v) is 7.89. The topological polar surface area (TPSA) is 104 Å². The Bertz CT molecular complexity index is 1810. The highest BCUT2D eigenvalue weighted by Crippen LogP contribution is 2.44. The lowest BCUT2D eigenvalue weighted by Gasteiger charge is -2.26. The number of methoxy groups -OCH3 is 2. The first kappa shape index (κ1) is 27.9. The van der Waals surface area contributed by atoms with Crippen molar-refractivity contribution in [2.24, 2.45) is 0 Å². The van der Waals surface area contributed by atoms with Crippen molar-refractivity contribution < 1.29 is 24.2 Å². The number of carbonyl (C=O) groups excluding carboxylic acids is 2. The van der Waals surface area contributed by atoms with E-state index in [0.717, 1.165) is 33.1 Å². The fraction of sp³-hybridized carbons (Fsp3) is 0.235. The minimum atomic E-state index is -0.713. The van der Waals surface area contributed by atoms with Gasteiger partial charge in [0.2, 0.25) is 11.6 Å². The minimum absolute atomic E-state index is 0.0557. The molecule has 7 heteroatoms. The van der Waals surface area contributed by atoms with Crippen molar-refractivity contribution in [3.8, 4) is 0 Å². The highest BCUT2D eigenvalue weighted by atomic mass is 16.5. The quantitative estimate of drug-likeness (QED) is 0.171. The summed E-state index contributed by atoms with van der Waals surface area (Å²) in [5.74, 6) is -1.03. The van der Waals surface area contributed by atoms with Gasteiger partial charge < -0.3 is 24.5 Å². The van der Waals surface area contributed by atoms with Crippen LogP contribution in [0.15, 0.2) is 85.0 Å². The SMILES string of the molecule is C=CC(C)(C)c1[nH]c2ccccc2c1C1=C(OC)C(=O)C(c2c[nH]c3c(C[C@@H](O)C(=C)C)cccc23)=C(OC)C1=O. The van der Waals surface area contributed by atoms with Crippen LogP contribution in [-0.4, -0.2) is 47.0 Å². The van der Waals surface area contributed by atoms with Gasteiger partial charge in [-0.05, 0) is 18.6 Å². The zero-order valence-corrected chi connectivity index (χ0v) is 24.0. The lowest BCUT2D eigenvalue weighted by Crippen LogP contribution is -2.26. The van der Waals surface area contributed by atoms with Gasteiger partial charge in [-0.2, -0.15) is 0 Å². The fourth-order valence-corrected chi connectivity index (χ4v) is 5.49. The molecule has 41 heavy (non-hydrogen) atoms. The molecular formula is C34H34N2O5. The summed E-state index contributed by atoms with van der Waals surface area (Å²) in [6, 6.07) is 13.3. The van der Waals surface area contributed by atoms with E-state index in [1.54, 1.807) is 19.2 Å². The third kappa shape index (κ3) is 4.43. The number of Topliss-reactive ketones (excluding diaryl/α,β-unsaturated/α-hetero) is 2. The number of carbonyl (C=O) groups is 2. The number of ketones is 2. The number of fused-ring (bicyclic) bond motifs is 2. The minimum Gasteiger partial charge on any atom is -0.492 e. The molecule has 2 aromatic heterocycles. The largest absolute Gasteiger partial charge is 0.492 e. The van der Waals surface area contributed by atoms with Crippen LogP contribution in [0.3, 0.4) is 0 Å². The first-order valence-corrected chi connectivity index (χ1v) is 13.4. The molecule has 0 amide bonds. The van der Waals surface area contributed by atoms with E-state index in [4.69, 9.17) is 9.47 Å². The molecule has 0 spiro atoms. The number of aromatic nitrogens is 2. The first-order chi connectivity index (χ1) is 19.5. The van der Waals surface area contributed by atoms with Gasteiger partial charge in [0, 0.05) is 56.7 Å². The Morgan fingerprint density at radius 3 is 2.29 bits per heavy atom. The van der Waals surface area contributed by atoms with E-state index in [2.05, 4.69) is 23.1 Å². The Morgan fingerprint density at radius 1 is 1.00 bits per heavy atom. The maximum atomic E-state index is 14.3. The molecule has 1 atom stereocenters. The van der Waals surface area contributed by atoms with E-state index < -0.39 is 23.1 Å². The number of H-pyrrole nitrogens is 2. The molecule has 7 nitrogen and oxygen atoms in total. The summed E-state index contributed by atoms with van der Waals surface area (Å²) >= 11 is 0. The van der Waals surface area contributed by atoms with Crippen molar-refractivity contribution in [3.05, 3.63) is 107 Å². The molecule has 0 radical (unpaired) electrons. The average Bonchev–Trinajstić information content (AvgIpc) is 3.56. The molecule has 2 heterocycles. The van der Waals surface area contributed by atoms with E-state index in [-0.39, 0.29) is 22.7 Å². The number of hydrogen-bond acceptors (Lipinski definition) is 5. The van der Waals surface area contributed by atoms with Crippen molar-refractivity contribution in [2.45, 2.75) is 38.7 Å². The van der Waals surface area contributed by atoms with E-state index in [1.165, 1.54) is 14.2 Å². The van der Waals surface area contributed by atoms with Crippen molar-refractivity contribution in [3.63, 3.8) is 0 Å². The van der Waals surface area contributed by atoms with Gasteiger partial charge in [-0.1, -0.05) is 68.5 Å². The first-order valence-electron chi connectivity index (χ1n) is 13.4. The number of aliphatic hydroxyl groups is 1. The summed E-state index contributed by atoms with van der Waals surface area (Å²) in [4.78, 5) is 35.3. The number of aromatic amines is 2. The molecule has 0 bridgehead atoms. The van der Waals surface area contributed by atoms with Gasteiger partial charge in [-0.15, -0.1) is 6.58 Å². The van der Waals surface area contributed by atoms with Crippen molar-refractivity contribution in [2.75, 3.05) is 14.2 Å². The number of ether oxygens (including phenoxy) is 2. The van der Waals surface area contributed by atoms with Crippen LogP contribution in [0.2, 0.25) is 0 Å². The van der Waals surface area contributed by atoms with Gasteiger partial charge in [0.25, 0.3) is 0 Å². The number of benzene rings is 2. The van der Waals surface area contributed by atoms with E-state index in [0.29, 0.717) is 23.1 Å². The highest BCUT2D eigenvalue weighted by Gasteiger charge is 2.42. The second-order valence-corrected chi connectivity index (χ2v) is 10.9. The van der Waals surface area contributed by atoms with Gasteiger partial charge in [-0.25, -0.2) is 0 Å². The average molecular weight is 551 g/mol. The van der Waals surface area contributed by atoms with E-state index in [9.17, 15) is 14.7 Å². The number of hydrogen-bond donors (Lipinski definition) is 3. The standard InChI is InChI=1S/C34H34N2O5/c1-8-34(4,5)33-25(21-13-9-10-15-23(21)36-33)27-30(39)31(40-6)26(29(38)32(27)41-7)22-17-35-28-19(12-11-14-20(22)28)16-24(37)18(2)3/h8-15,17,24,35-37H,1-2,16H2,3-7H3/t24-/m1/s1. The number of rotatable bonds is 9. The highest BCUT2D eigenvalue weighted by molar-refractivity contribution is 6.48. The monoisotopic (exact) mass is 550 g/mol. The van der Waals surface area contributed by atoms with Gasteiger partial charge in [-0.3, -0.25) is 9.59 Å². The molecule has 1 aliphatic carbocycles. The number of nitrogens with one attached hydrogen (secondary N) is 2. The Balaban J connectivity index is 1.74. The van der Waals surface area contributed by atoms with Crippen LogP contribution in [0.5, 0.6) is 0 Å². The van der Waals surface area contributed by atoms with Crippen LogP contribution in [0, 0.1) is 0 Å². The number of aliphatic hydroxyl groups excluding tert-OH is 1. The van der Waals surface area contributed by atoms with E-state index in [1.807, 2.05) is 56.3 Å². The maximum absolute atomic E-state index is 14.3. The lowest BCUT2D eigenvalue weighted by molar-refractivity contribution is -0.117. The van der Waals surface area contributed by atoms with Gasteiger partial charge in [0.15, 0.2) is 11.5 Å². The fourth-order valence-electron chi connectivity index (χ4n) is 5.49. The number of para-hydroxylation sites is 2. The summed E-state index contributed by atoms with van der Waals surface area (Å²) in [5.41, 5.74) is 4.65. The molecule has 0 saturated carbocycles. The summed E-state index contributed by atoms with van der Waals surface area (Å²) in [6.07, 6.45) is 3.13. The van der Waals surface area contributed by atoms with Crippen LogP contribution < -0.4 is 0 Å². The van der Waals surface area contributed by atoms with Gasteiger partial charge in [0.1, 0.15) is 0 Å². The van der Waals surface area contributed by atoms with Gasteiger partial charge in [0.05, 0.1) is 31.5 Å². The lowest BCUT2D eigenvalue weighted by atomic mass is 9.80.